The van der Waals surface area contributed by atoms with Crippen LogP contribution in [0.4, 0.5) is 0 Å². The zero-order chi connectivity index (χ0) is 16.2. The molecule has 1 amide bonds. The second-order valence-electron chi connectivity index (χ2n) is 6.09. The number of rotatable bonds is 3. The predicted molar refractivity (Wildman–Crippen MR) is 93.0 cm³/mol. The Balaban J connectivity index is 1.73. The lowest BCUT2D eigenvalue weighted by molar-refractivity contribution is 0.0755. The number of benzene rings is 1. The largest absolute Gasteiger partial charge is 0.497 e. The molecule has 0 spiro atoms. The molecule has 2 aromatic rings. The highest BCUT2D eigenvalue weighted by Gasteiger charge is 2.22. The SMILES string of the molecule is COc1ccc(-c2nc(C(=O)N3CCC[C@@H](C)CC3)cs2)cc1. The molecule has 4 nitrogen and oxygen atoms in total. The third-order valence-corrected chi connectivity index (χ3v) is 5.26. The van der Waals surface area contributed by atoms with E-state index in [-0.39, 0.29) is 5.91 Å². The smallest absolute Gasteiger partial charge is 0.273 e. The van der Waals surface area contributed by atoms with Crippen LogP contribution in [0.5, 0.6) is 5.75 Å². The molecule has 1 atom stereocenters. The van der Waals surface area contributed by atoms with E-state index in [1.807, 2.05) is 34.5 Å². The molecule has 1 saturated heterocycles. The van der Waals surface area contributed by atoms with Gasteiger partial charge in [-0.3, -0.25) is 4.79 Å². The maximum atomic E-state index is 12.7. The van der Waals surface area contributed by atoms with E-state index in [0.717, 1.165) is 42.3 Å². The summed E-state index contributed by atoms with van der Waals surface area (Å²) in [5, 5.41) is 2.75. The fraction of sp³-hybridized carbons (Fsp3) is 0.444. The van der Waals surface area contributed by atoms with Crippen molar-refractivity contribution in [3.05, 3.63) is 35.3 Å². The Morgan fingerprint density at radius 3 is 2.78 bits per heavy atom. The van der Waals surface area contributed by atoms with Gasteiger partial charge in [0.25, 0.3) is 5.91 Å². The van der Waals surface area contributed by atoms with E-state index >= 15 is 0 Å². The maximum absolute atomic E-state index is 12.7. The molecule has 5 heteroatoms. The van der Waals surface area contributed by atoms with Gasteiger partial charge in [-0.15, -0.1) is 11.3 Å². The molecular weight excluding hydrogens is 308 g/mol. The van der Waals surface area contributed by atoms with Crippen molar-refractivity contribution >= 4 is 17.2 Å². The van der Waals surface area contributed by atoms with Gasteiger partial charge in [-0.1, -0.05) is 6.92 Å². The Labute approximate surface area is 141 Å². The van der Waals surface area contributed by atoms with Crippen LogP contribution in [0.2, 0.25) is 0 Å². The summed E-state index contributed by atoms with van der Waals surface area (Å²) in [5.74, 6) is 1.59. The number of methoxy groups -OCH3 is 1. The maximum Gasteiger partial charge on any atom is 0.273 e. The fourth-order valence-electron chi connectivity index (χ4n) is 2.87. The molecule has 0 N–H and O–H groups in total. The van der Waals surface area contributed by atoms with Gasteiger partial charge in [0, 0.05) is 24.0 Å². The second-order valence-corrected chi connectivity index (χ2v) is 6.95. The molecule has 1 aromatic heterocycles. The van der Waals surface area contributed by atoms with Crippen molar-refractivity contribution in [2.45, 2.75) is 26.2 Å². The Kier molecular flexibility index (Phi) is 4.96. The van der Waals surface area contributed by atoms with E-state index < -0.39 is 0 Å². The number of likely N-dealkylation sites (tertiary alicyclic amines) is 1. The van der Waals surface area contributed by atoms with Gasteiger partial charge < -0.3 is 9.64 Å². The molecule has 2 heterocycles. The third-order valence-electron chi connectivity index (χ3n) is 4.36. The molecule has 23 heavy (non-hydrogen) atoms. The number of hydrogen-bond donors (Lipinski definition) is 0. The number of carbonyl (C=O) groups excluding carboxylic acids is 1. The fourth-order valence-corrected chi connectivity index (χ4v) is 3.67. The average molecular weight is 330 g/mol. The van der Waals surface area contributed by atoms with E-state index in [2.05, 4.69) is 11.9 Å². The Morgan fingerprint density at radius 2 is 2.04 bits per heavy atom. The van der Waals surface area contributed by atoms with Crippen molar-refractivity contribution < 1.29 is 9.53 Å². The van der Waals surface area contributed by atoms with Crippen LogP contribution >= 0.6 is 11.3 Å². The average Bonchev–Trinajstić information content (AvgIpc) is 2.97. The molecule has 0 aliphatic carbocycles. The van der Waals surface area contributed by atoms with E-state index in [1.54, 1.807) is 7.11 Å². The second kappa shape index (κ2) is 7.13. The highest BCUT2D eigenvalue weighted by Crippen LogP contribution is 2.26. The molecule has 1 aliphatic rings. The van der Waals surface area contributed by atoms with E-state index in [4.69, 9.17) is 4.74 Å². The van der Waals surface area contributed by atoms with Crippen LogP contribution in [0.25, 0.3) is 10.6 Å². The summed E-state index contributed by atoms with van der Waals surface area (Å²) < 4.78 is 5.17. The summed E-state index contributed by atoms with van der Waals surface area (Å²) >= 11 is 1.51. The summed E-state index contributed by atoms with van der Waals surface area (Å²) in [4.78, 5) is 19.2. The Hall–Kier alpha value is -1.88. The van der Waals surface area contributed by atoms with Crippen molar-refractivity contribution in [1.29, 1.82) is 0 Å². The number of amides is 1. The molecule has 0 unspecified atom stereocenters. The van der Waals surface area contributed by atoms with Gasteiger partial charge >= 0.3 is 0 Å². The lowest BCUT2D eigenvalue weighted by Crippen LogP contribution is -2.32. The molecule has 0 radical (unpaired) electrons. The first-order chi connectivity index (χ1) is 11.2. The van der Waals surface area contributed by atoms with Gasteiger partial charge in [0.2, 0.25) is 0 Å². The van der Waals surface area contributed by atoms with Crippen molar-refractivity contribution in [3.8, 4) is 16.3 Å². The van der Waals surface area contributed by atoms with Gasteiger partial charge in [0.1, 0.15) is 16.5 Å². The van der Waals surface area contributed by atoms with Crippen LogP contribution in [0.3, 0.4) is 0 Å². The van der Waals surface area contributed by atoms with Crippen LogP contribution < -0.4 is 4.74 Å². The molecule has 3 rings (SSSR count). The normalized spacial score (nSPS) is 18.5. The van der Waals surface area contributed by atoms with Crippen molar-refractivity contribution in [2.24, 2.45) is 5.92 Å². The first-order valence-electron chi connectivity index (χ1n) is 8.06. The highest BCUT2D eigenvalue weighted by atomic mass is 32.1. The lowest BCUT2D eigenvalue weighted by atomic mass is 10.0. The van der Waals surface area contributed by atoms with Crippen LogP contribution in [-0.2, 0) is 0 Å². The summed E-state index contributed by atoms with van der Waals surface area (Å²) in [6, 6.07) is 7.77. The third kappa shape index (κ3) is 3.72. The molecule has 1 fully saturated rings. The zero-order valence-corrected chi connectivity index (χ0v) is 14.4. The number of aromatic nitrogens is 1. The number of thiazole rings is 1. The summed E-state index contributed by atoms with van der Waals surface area (Å²) in [7, 11) is 1.65. The zero-order valence-electron chi connectivity index (χ0n) is 13.6. The molecular formula is C18H22N2O2S. The highest BCUT2D eigenvalue weighted by molar-refractivity contribution is 7.13. The first kappa shape index (κ1) is 16.0. The number of nitrogens with zero attached hydrogens (tertiary/aromatic N) is 2. The number of hydrogen-bond acceptors (Lipinski definition) is 4. The molecule has 122 valence electrons. The van der Waals surface area contributed by atoms with Crippen molar-refractivity contribution in [2.75, 3.05) is 20.2 Å². The van der Waals surface area contributed by atoms with Crippen LogP contribution in [-0.4, -0.2) is 36.0 Å². The van der Waals surface area contributed by atoms with Gasteiger partial charge in [-0.25, -0.2) is 4.98 Å². The molecule has 1 aromatic carbocycles. The van der Waals surface area contributed by atoms with Crippen molar-refractivity contribution in [1.82, 2.24) is 9.88 Å². The Bertz CT molecular complexity index is 666. The first-order valence-corrected chi connectivity index (χ1v) is 8.94. The number of ether oxygens (including phenoxy) is 1. The minimum Gasteiger partial charge on any atom is -0.497 e. The molecule has 0 bridgehead atoms. The van der Waals surface area contributed by atoms with Gasteiger partial charge in [-0.05, 0) is 49.4 Å². The minimum absolute atomic E-state index is 0.0649. The monoisotopic (exact) mass is 330 g/mol. The number of carbonyl (C=O) groups is 1. The van der Waals surface area contributed by atoms with E-state index in [0.29, 0.717) is 11.6 Å². The predicted octanol–water partition coefficient (Wildman–Crippen LogP) is 4.08. The van der Waals surface area contributed by atoms with Crippen LogP contribution in [0.15, 0.2) is 29.6 Å². The topological polar surface area (TPSA) is 42.4 Å². The quantitative estimate of drug-likeness (QED) is 0.851. The van der Waals surface area contributed by atoms with Gasteiger partial charge in [0.05, 0.1) is 7.11 Å². The van der Waals surface area contributed by atoms with Crippen LogP contribution in [0, 0.1) is 5.92 Å². The molecule has 0 saturated carbocycles. The van der Waals surface area contributed by atoms with E-state index in [9.17, 15) is 4.79 Å². The van der Waals surface area contributed by atoms with E-state index in [1.165, 1.54) is 17.8 Å². The lowest BCUT2D eigenvalue weighted by Gasteiger charge is -2.19. The summed E-state index contributed by atoms with van der Waals surface area (Å²) in [5.41, 5.74) is 1.58. The van der Waals surface area contributed by atoms with Crippen LogP contribution in [0.1, 0.15) is 36.7 Å². The summed E-state index contributed by atoms with van der Waals surface area (Å²) in [6.07, 6.45) is 3.38. The molecule has 1 aliphatic heterocycles. The Morgan fingerprint density at radius 1 is 1.26 bits per heavy atom. The minimum atomic E-state index is 0.0649. The van der Waals surface area contributed by atoms with Gasteiger partial charge in [-0.2, -0.15) is 0 Å². The standard InChI is InChI=1S/C18H22N2O2S/c1-13-4-3-10-20(11-9-13)18(21)16-12-23-17(19-16)14-5-7-15(22-2)8-6-14/h5-8,12-13H,3-4,9-11H2,1-2H3/t13-/m1/s1. The summed E-state index contributed by atoms with van der Waals surface area (Å²) in [6.45, 7) is 3.95. The van der Waals surface area contributed by atoms with Gasteiger partial charge in [0.15, 0.2) is 0 Å². The van der Waals surface area contributed by atoms with Crippen molar-refractivity contribution in [3.63, 3.8) is 0 Å².